The third kappa shape index (κ3) is 6.54. The van der Waals surface area contributed by atoms with Gasteiger partial charge in [0.05, 0.1) is 10.8 Å². The number of phenolic OH excluding ortho intramolecular Hbond substituents is 1. The minimum atomic E-state index is -3.80. The van der Waals surface area contributed by atoms with Crippen LogP contribution in [0.15, 0.2) is 44.6 Å². The molecule has 2 aromatic rings. The zero-order chi connectivity index (χ0) is 20.9. The van der Waals surface area contributed by atoms with Gasteiger partial charge in [0.1, 0.15) is 4.90 Å². The summed E-state index contributed by atoms with van der Waals surface area (Å²) in [7, 11) is -3.80. The van der Waals surface area contributed by atoms with Gasteiger partial charge in [-0.05, 0) is 49.0 Å². The molecule has 0 spiro atoms. The van der Waals surface area contributed by atoms with Gasteiger partial charge in [-0.3, -0.25) is 0 Å². The lowest BCUT2D eigenvalue weighted by atomic mass is 10.2. The van der Waals surface area contributed by atoms with Crippen LogP contribution in [-0.4, -0.2) is 43.8 Å². The Morgan fingerprint density at radius 2 is 1.79 bits per heavy atom. The maximum atomic E-state index is 12.8. The van der Waals surface area contributed by atoms with Crippen molar-refractivity contribution in [1.82, 2.24) is 4.90 Å². The Morgan fingerprint density at radius 1 is 1.11 bits per heavy atom. The van der Waals surface area contributed by atoms with Crippen LogP contribution >= 0.6 is 50.9 Å². The molecule has 0 aliphatic heterocycles. The molecule has 4 nitrogen and oxygen atoms in total. The summed E-state index contributed by atoms with van der Waals surface area (Å²) in [5, 5.41) is 10.6. The molecule has 0 amide bonds. The molecule has 0 saturated heterocycles. The van der Waals surface area contributed by atoms with Gasteiger partial charge >= 0.3 is 0 Å². The van der Waals surface area contributed by atoms with Gasteiger partial charge in [0.25, 0.3) is 0 Å². The topological polar surface area (TPSA) is 57.6 Å². The van der Waals surface area contributed by atoms with Gasteiger partial charge in [0.15, 0.2) is 15.6 Å². The van der Waals surface area contributed by atoms with Crippen molar-refractivity contribution in [2.45, 2.75) is 29.4 Å². The fraction of sp³-hybridized carbons (Fsp3) is 0.368. The minimum Gasteiger partial charge on any atom is -0.505 e. The summed E-state index contributed by atoms with van der Waals surface area (Å²) in [6.07, 6.45) is 0. The van der Waals surface area contributed by atoms with E-state index < -0.39 is 15.6 Å². The summed E-state index contributed by atoms with van der Waals surface area (Å²) in [6, 6.07) is 8.08. The molecular formula is C19H22BrCl2NO3S2. The minimum absolute atomic E-state index is 0.0216. The van der Waals surface area contributed by atoms with Gasteiger partial charge in [0, 0.05) is 26.7 Å². The Balaban J connectivity index is 2.21. The van der Waals surface area contributed by atoms with Gasteiger partial charge in [0.2, 0.25) is 0 Å². The van der Waals surface area contributed by atoms with Crippen LogP contribution in [0.4, 0.5) is 0 Å². The normalized spacial score (nSPS) is 11.9. The number of rotatable bonds is 9. The Hall–Kier alpha value is -0.440. The molecular weight excluding hydrogens is 505 g/mol. The molecule has 1 N–H and O–H groups in total. The summed E-state index contributed by atoms with van der Waals surface area (Å²) in [5.74, 6) is 0.161. The molecule has 0 heterocycles. The molecule has 0 aliphatic carbocycles. The van der Waals surface area contributed by atoms with Crippen LogP contribution in [0.3, 0.4) is 0 Å². The molecule has 0 fully saturated rings. The van der Waals surface area contributed by atoms with Crippen LogP contribution in [0, 0.1) is 0 Å². The molecule has 0 unspecified atom stereocenters. The number of phenols is 1. The van der Waals surface area contributed by atoms with Gasteiger partial charge in [-0.2, -0.15) is 0 Å². The zero-order valence-corrected chi connectivity index (χ0v) is 20.3. The summed E-state index contributed by atoms with van der Waals surface area (Å²) >= 11 is 17.0. The molecule has 0 radical (unpaired) electrons. The number of nitrogens with zero attached hydrogens (tertiary/aromatic N) is 1. The monoisotopic (exact) mass is 525 g/mol. The first-order valence-electron chi connectivity index (χ1n) is 8.71. The van der Waals surface area contributed by atoms with E-state index in [9.17, 15) is 13.5 Å². The average Bonchev–Trinajstić information content (AvgIpc) is 2.61. The highest BCUT2D eigenvalue weighted by Crippen LogP contribution is 2.36. The molecule has 0 atom stereocenters. The van der Waals surface area contributed by atoms with Crippen molar-refractivity contribution in [2.24, 2.45) is 0 Å². The molecule has 0 aromatic heterocycles. The van der Waals surface area contributed by atoms with E-state index in [-0.39, 0.29) is 15.7 Å². The SMILES string of the molecule is CCN(CC)CCSc1cc(Cl)cc(CS(=O)(=O)c2cc(Br)cc(Cl)c2O)c1. The van der Waals surface area contributed by atoms with Crippen molar-refractivity contribution in [3.8, 4) is 5.75 Å². The van der Waals surface area contributed by atoms with Crippen LogP contribution in [-0.2, 0) is 15.6 Å². The second-order valence-electron chi connectivity index (χ2n) is 6.16. The Kier molecular flexibility index (Phi) is 8.98. The highest BCUT2D eigenvalue weighted by molar-refractivity contribution is 9.10. The van der Waals surface area contributed by atoms with Crippen molar-refractivity contribution in [2.75, 3.05) is 25.4 Å². The Labute approximate surface area is 189 Å². The molecule has 154 valence electrons. The van der Waals surface area contributed by atoms with Crippen LogP contribution in [0.25, 0.3) is 0 Å². The second-order valence-corrected chi connectivity index (χ2v) is 11.0. The number of sulfone groups is 1. The number of halogens is 3. The lowest BCUT2D eigenvalue weighted by molar-refractivity contribution is 0.324. The summed E-state index contributed by atoms with van der Waals surface area (Å²) < 4.78 is 26.1. The molecule has 0 bridgehead atoms. The van der Waals surface area contributed by atoms with Gasteiger partial charge in [-0.15, -0.1) is 11.8 Å². The fourth-order valence-electron chi connectivity index (χ4n) is 2.70. The van der Waals surface area contributed by atoms with Crippen LogP contribution in [0.1, 0.15) is 19.4 Å². The molecule has 28 heavy (non-hydrogen) atoms. The average molecular weight is 527 g/mol. The van der Waals surface area contributed by atoms with Crippen LogP contribution < -0.4 is 0 Å². The number of thioether (sulfide) groups is 1. The van der Waals surface area contributed by atoms with Crippen LogP contribution in [0.2, 0.25) is 10.0 Å². The fourth-order valence-corrected chi connectivity index (χ4v) is 6.54. The van der Waals surface area contributed by atoms with E-state index in [1.807, 2.05) is 12.1 Å². The van der Waals surface area contributed by atoms with E-state index >= 15 is 0 Å². The predicted molar refractivity (Wildman–Crippen MR) is 122 cm³/mol. The first kappa shape index (κ1) is 23.8. The summed E-state index contributed by atoms with van der Waals surface area (Å²) in [4.78, 5) is 3.03. The molecule has 2 rings (SSSR count). The number of hydrogen-bond donors (Lipinski definition) is 1. The summed E-state index contributed by atoms with van der Waals surface area (Å²) in [6.45, 7) is 7.19. The van der Waals surface area contributed by atoms with Crippen molar-refractivity contribution >= 4 is 60.7 Å². The molecule has 2 aromatic carbocycles. The van der Waals surface area contributed by atoms with Crippen molar-refractivity contribution in [1.29, 1.82) is 0 Å². The second kappa shape index (κ2) is 10.5. The van der Waals surface area contributed by atoms with Crippen LogP contribution in [0.5, 0.6) is 5.75 Å². The standard InChI is InChI=1S/C19H22BrCl2NO3S2/c1-3-23(4-2)5-6-27-16-8-13(7-15(21)11-16)12-28(25,26)18-10-14(20)9-17(22)19(18)24/h7-11,24H,3-6,12H2,1-2H3. The van der Waals surface area contributed by atoms with E-state index in [0.717, 1.165) is 30.3 Å². The third-order valence-electron chi connectivity index (χ3n) is 4.19. The van der Waals surface area contributed by atoms with E-state index in [1.165, 1.54) is 12.1 Å². The number of benzene rings is 2. The van der Waals surface area contributed by atoms with Crippen molar-refractivity contribution < 1.29 is 13.5 Å². The first-order valence-corrected chi connectivity index (χ1v) is 12.9. The van der Waals surface area contributed by atoms with E-state index in [4.69, 9.17) is 23.2 Å². The quantitative estimate of drug-likeness (QED) is 0.414. The zero-order valence-electron chi connectivity index (χ0n) is 15.6. The van der Waals surface area contributed by atoms with E-state index in [0.29, 0.717) is 15.1 Å². The van der Waals surface area contributed by atoms with Crippen molar-refractivity contribution in [3.63, 3.8) is 0 Å². The highest BCUT2D eigenvalue weighted by Gasteiger charge is 2.22. The smallest absolute Gasteiger partial charge is 0.186 e. The van der Waals surface area contributed by atoms with E-state index in [2.05, 4.69) is 34.7 Å². The third-order valence-corrected chi connectivity index (χ3v) is 7.80. The van der Waals surface area contributed by atoms with Crippen molar-refractivity contribution in [3.05, 3.63) is 50.4 Å². The Bertz CT molecular complexity index is 935. The van der Waals surface area contributed by atoms with Gasteiger partial charge < -0.3 is 10.0 Å². The highest BCUT2D eigenvalue weighted by atomic mass is 79.9. The lowest BCUT2D eigenvalue weighted by Crippen LogP contribution is -2.25. The number of aromatic hydroxyl groups is 1. The lowest BCUT2D eigenvalue weighted by Gasteiger charge is -2.17. The predicted octanol–water partition coefficient (Wildman–Crippen LogP) is 5.87. The molecule has 9 heteroatoms. The molecule has 0 aliphatic rings. The van der Waals surface area contributed by atoms with Gasteiger partial charge in [-0.25, -0.2) is 8.42 Å². The van der Waals surface area contributed by atoms with E-state index in [1.54, 1.807) is 17.8 Å². The van der Waals surface area contributed by atoms with Gasteiger partial charge in [-0.1, -0.05) is 53.0 Å². The maximum absolute atomic E-state index is 12.8. The molecule has 0 saturated carbocycles. The number of hydrogen-bond acceptors (Lipinski definition) is 5. The largest absolute Gasteiger partial charge is 0.505 e. The maximum Gasteiger partial charge on any atom is 0.186 e. The first-order chi connectivity index (χ1) is 13.2. The Morgan fingerprint density at radius 3 is 2.43 bits per heavy atom. The summed E-state index contributed by atoms with van der Waals surface area (Å²) in [5.41, 5.74) is 0.563.